The molecule has 1 fully saturated rings. The lowest BCUT2D eigenvalue weighted by Gasteiger charge is -2.23. The van der Waals surface area contributed by atoms with E-state index in [9.17, 15) is 14.9 Å². The molecule has 0 radical (unpaired) electrons. The van der Waals surface area contributed by atoms with Crippen molar-refractivity contribution in [2.24, 2.45) is 0 Å². The van der Waals surface area contributed by atoms with Gasteiger partial charge in [-0.05, 0) is 31.4 Å². The smallest absolute Gasteiger partial charge is 0.293 e. The van der Waals surface area contributed by atoms with Gasteiger partial charge in [0.2, 0.25) is 0 Å². The molecule has 0 saturated heterocycles. The second-order valence-corrected chi connectivity index (χ2v) is 4.55. The number of hydrogen-bond donors (Lipinski definition) is 0. The van der Waals surface area contributed by atoms with Gasteiger partial charge in [-0.1, -0.05) is 6.92 Å². The van der Waals surface area contributed by atoms with Crippen molar-refractivity contribution in [3.8, 4) is 0 Å². The summed E-state index contributed by atoms with van der Waals surface area (Å²) in [4.78, 5) is 23.5. The Morgan fingerprint density at radius 3 is 2.72 bits per heavy atom. The Kier molecular flexibility index (Phi) is 3.60. The van der Waals surface area contributed by atoms with Gasteiger partial charge in [0.05, 0.1) is 4.92 Å². The van der Waals surface area contributed by atoms with Crippen LogP contribution in [0.3, 0.4) is 0 Å². The van der Waals surface area contributed by atoms with E-state index in [0.29, 0.717) is 23.6 Å². The van der Waals surface area contributed by atoms with Crippen LogP contribution in [0.25, 0.3) is 0 Å². The Hall–Kier alpha value is -1.91. The van der Waals surface area contributed by atoms with Crippen molar-refractivity contribution in [3.63, 3.8) is 0 Å². The molecule has 96 valence electrons. The fourth-order valence-electron chi connectivity index (χ4n) is 2.13. The molecule has 0 N–H and O–H groups in total. The van der Waals surface area contributed by atoms with Crippen LogP contribution in [0, 0.1) is 10.1 Å². The summed E-state index contributed by atoms with van der Waals surface area (Å²) in [6.45, 7) is 2.87. The van der Waals surface area contributed by atoms with Crippen LogP contribution in [-0.4, -0.2) is 23.8 Å². The first-order chi connectivity index (χ1) is 8.67. The number of carbonyl (C=O) groups excluding carboxylic acids is 1. The van der Waals surface area contributed by atoms with E-state index in [1.54, 1.807) is 12.1 Å². The molecule has 0 aliphatic heterocycles. The van der Waals surface area contributed by atoms with Crippen LogP contribution in [0.15, 0.2) is 18.2 Å². The van der Waals surface area contributed by atoms with Gasteiger partial charge in [-0.2, -0.15) is 0 Å². The SMILES string of the molecule is CCCN(c1ccc(C=O)cc1[N+](=O)[O-])C1CC1. The third kappa shape index (κ3) is 2.50. The summed E-state index contributed by atoms with van der Waals surface area (Å²) in [5.74, 6) is 0. The van der Waals surface area contributed by atoms with Crippen molar-refractivity contribution in [1.29, 1.82) is 0 Å². The molecule has 5 heteroatoms. The maximum absolute atomic E-state index is 11.1. The van der Waals surface area contributed by atoms with Crippen molar-refractivity contribution in [2.45, 2.75) is 32.2 Å². The summed E-state index contributed by atoms with van der Waals surface area (Å²) in [5, 5.41) is 11.1. The monoisotopic (exact) mass is 248 g/mol. The lowest BCUT2D eigenvalue weighted by Crippen LogP contribution is -2.27. The van der Waals surface area contributed by atoms with Gasteiger partial charge in [0.1, 0.15) is 12.0 Å². The van der Waals surface area contributed by atoms with E-state index in [0.717, 1.165) is 25.8 Å². The third-order valence-electron chi connectivity index (χ3n) is 3.09. The molecule has 0 aromatic heterocycles. The highest BCUT2D eigenvalue weighted by Gasteiger charge is 2.32. The topological polar surface area (TPSA) is 63.5 Å². The molecule has 0 heterocycles. The van der Waals surface area contributed by atoms with Gasteiger partial charge in [-0.15, -0.1) is 0 Å². The van der Waals surface area contributed by atoms with E-state index >= 15 is 0 Å². The van der Waals surface area contributed by atoms with Crippen molar-refractivity contribution < 1.29 is 9.72 Å². The lowest BCUT2D eigenvalue weighted by molar-refractivity contribution is -0.384. The number of rotatable bonds is 6. The molecule has 2 rings (SSSR count). The second kappa shape index (κ2) is 5.16. The number of nitrogens with zero attached hydrogens (tertiary/aromatic N) is 2. The van der Waals surface area contributed by atoms with Crippen molar-refractivity contribution in [1.82, 2.24) is 0 Å². The Bertz CT molecular complexity index is 469. The Labute approximate surface area is 106 Å². The number of carbonyl (C=O) groups is 1. The molecule has 1 aliphatic rings. The first kappa shape index (κ1) is 12.5. The number of nitro benzene ring substituents is 1. The molecule has 18 heavy (non-hydrogen) atoms. The largest absolute Gasteiger partial charge is 0.363 e. The highest BCUT2D eigenvalue weighted by molar-refractivity contribution is 5.79. The zero-order valence-corrected chi connectivity index (χ0v) is 10.3. The second-order valence-electron chi connectivity index (χ2n) is 4.55. The van der Waals surface area contributed by atoms with Crippen molar-refractivity contribution in [2.75, 3.05) is 11.4 Å². The van der Waals surface area contributed by atoms with Crippen LogP contribution in [0.1, 0.15) is 36.5 Å². The molecule has 1 saturated carbocycles. The van der Waals surface area contributed by atoms with Gasteiger partial charge in [-0.25, -0.2) is 0 Å². The van der Waals surface area contributed by atoms with E-state index in [1.807, 2.05) is 0 Å². The van der Waals surface area contributed by atoms with Crippen molar-refractivity contribution >= 4 is 17.7 Å². The van der Waals surface area contributed by atoms with Gasteiger partial charge in [0.15, 0.2) is 0 Å². The zero-order valence-electron chi connectivity index (χ0n) is 10.3. The molecule has 1 aromatic rings. The molecule has 0 amide bonds. The lowest BCUT2D eigenvalue weighted by atomic mass is 10.1. The van der Waals surface area contributed by atoms with Crippen molar-refractivity contribution in [3.05, 3.63) is 33.9 Å². The average molecular weight is 248 g/mol. The molecule has 0 unspecified atom stereocenters. The Morgan fingerprint density at radius 1 is 1.50 bits per heavy atom. The quantitative estimate of drug-likeness (QED) is 0.441. The fourth-order valence-corrected chi connectivity index (χ4v) is 2.13. The number of benzene rings is 1. The summed E-state index contributed by atoms with van der Waals surface area (Å²) in [6.07, 6.45) is 3.76. The van der Waals surface area contributed by atoms with Gasteiger partial charge >= 0.3 is 0 Å². The van der Waals surface area contributed by atoms with Crippen LogP contribution in [-0.2, 0) is 0 Å². The molecule has 0 bridgehead atoms. The van der Waals surface area contributed by atoms with Crippen LogP contribution >= 0.6 is 0 Å². The zero-order chi connectivity index (χ0) is 13.1. The number of aldehydes is 1. The predicted octanol–water partition coefficient (Wildman–Crippen LogP) is 2.79. The van der Waals surface area contributed by atoms with E-state index in [4.69, 9.17) is 0 Å². The fraction of sp³-hybridized carbons (Fsp3) is 0.462. The molecular weight excluding hydrogens is 232 g/mol. The molecule has 1 aromatic carbocycles. The highest BCUT2D eigenvalue weighted by atomic mass is 16.6. The van der Waals surface area contributed by atoms with E-state index < -0.39 is 4.92 Å². The first-order valence-corrected chi connectivity index (χ1v) is 6.17. The maximum atomic E-state index is 11.1. The van der Waals surface area contributed by atoms with Gasteiger partial charge < -0.3 is 4.90 Å². The average Bonchev–Trinajstić information content (AvgIpc) is 3.19. The van der Waals surface area contributed by atoms with E-state index in [-0.39, 0.29) is 5.69 Å². The number of hydrogen-bond acceptors (Lipinski definition) is 4. The van der Waals surface area contributed by atoms with Gasteiger partial charge in [0, 0.05) is 24.2 Å². The van der Waals surface area contributed by atoms with Crippen LogP contribution in [0.2, 0.25) is 0 Å². The third-order valence-corrected chi connectivity index (χ3v) is 3.09. The summed E-state index contributed by atoms with van der Waals surface area (Å²) in [6, 6.07) is 5.11. The number of nitro groups is 1. The van der Waals surface area contributed by atoms with Gasteiger partial charge in [-0.3, -0.25) is 14.9 Å². The summed E-state index contributed by atoms with van der Waals surface area (Å²) in [7, 11) is 0. The van der Waals surface area contributed by atoms with Crippen LogP contribution < -0.4 is 4.90 Å². The normalized spacial score (nSPS) is 14.3. The van der Waals surface area contributed by atoms with Gasteiger partial charge in [0.25, 0.3) is 5.69 Å². The highest BCUT2D eigenvalue weighted by Crippen LogP contribution is 2.37. The number of anilines is 1. The summed E-state index contributed by atoms with van der Waals surface area (Å²) < 4.78 is 0. The molecule has 0 atom stereocenters. The van der Waals surface area contributed by atoms with Crippen LogP contribution in [0.4, 0.5) is 11.4 Å². The molecule has 1 aliphatic carbocycles. The molecule has 5 nitrogen and oxygen atoms in total. The van der Waals surface area contributed by atoms with E-state index in [2.05, 4.69) is 11.8 Å². The first-order valence-electron chi connectivity index (χ1n) is 6.17. The Balaban J connectivity index is 2.40. The Morgan fingerprint density at radius 2 is 2.22 bits per heavy atom. The predicted molar refractivity (Wildman–Crippen MR) is 69.1 cm³/mol. The van der Waals surface area contributed by atoms with Crippen LogP contribution in [0.5, 0.6) is 0 Å². The summed E-state index contributed by atoms with van der Waals surface area (Å²) in [5.41, 5.74) is 1.01. The molecule has 0 spiro atoms. The molecular formula is C13H16N2O3. The minimum Gasteiger partial charge on any atom is -0.363 e. The standard InChI is InChI=1S/C13H16N2O3/c1-2-7-14(11-4-5-11)12-6-3-10(9-16)8-13(12)15(17)18/h3,6,8-9,11H,2,4-5,7H2,1H3. The minimum absolute atomic E-state index is 0.0277. The summed E-state index contributed by atoms with van der Waals surface area (Å²) >= 11 is 0. The minimum atomic E-state index is -0.409. The van der Waals surface area contributed by atoms with E-state index in [1.165, 1.54) is 6.07 Å². The maximum Gasteiger partial charge on any atom is 0.293 e.